The van der Waals surface area contributed by atoms with Crippen LogP contribution in [0.1, 0.15) is 43.5 Å². The average Bonchev–Trinajstić information content (AvgIpc) is 2.90. The van der Waals surface area contributed by atoms with Crippen molar-refractivity contribution in [3.63, 3.8) is 0 Å². The van der Waals surface area contributed by atoms with Crippen molar-refractivity contribution in [1.29, 1.82) is 0 Å². The zero-order valence-electron chi connectivity index (χ0n) is 17.5. The van der Waals surface area contributed by atoms with Gasteiger partial charge in [0.05, 0.1) is 19.3 Å². The minimum absolute atomic E-state index is 0.0294. The van der Waals surface area contributed by atoms with E-state index in [1.165, 1.54) is 0 Å². The number of aromatic nitrogens is 5. The van der Waals surface area contributed by atoms with Gasteiger partial charge in [-0.2, -0.15) is 9.97 Å². The second-order valence-corrected chi connectivity index (χ2v) is 8.01. The third-order valence-electron chi connectivity index (χ3n) is 5.05. The summed E-state index contributed by atoms with van der Waals surface area (Å²) in [5, 5.41) is 0.180. The van der Waals surface area contributed by atoms with Gasteiger partial charge in [0.15, 0.2) is 10.8 Å². The molecule has 0 bridgehead atoms. The van der Waals surface area contributed by atoms with Crippen LogP contribution in [-0.2, 0) is 13.1 Å². The van der Waals surface area contributed by atoms with Gasteiger partial charge in [-0.05, 0) is 32.6 Å². The number of nitrogens with zero attached hydrogens (tertiary/aromatic N) is 5. The largest absolute Gasteiger partial charge is 0.496 e. The van der Waals surface area contributed by atoms with Gasteiger partial charge in [-0.25, -0.2) is 4.79 Å². The van der Waals surface area contributed by atoms with Crippen LogP contribution in [0, 0.1) is 19.8 Å². The molecule has 0 aliphatic carbocycles. The molecule has 3 rings (SSSR count). The third-order valence-corrected chi connectivity index (χ3v) is 5.31. The van der Waals surface area contributed by atoms with Crippen molar-refractivity contribution >= 4 is 28.7 Å². The lowest BCUT2D eigenvalue weighted by Crippen LogP contribution is -2.25. The van der Waals surface area contributed by atoms with Gasteiger partial charge in [0.2, 0.25) is 5.95 Å². The van der Waals surface area contributed by atoms with E-state index in [9.17, 15) is 4.79 Å². The molecule has 0 amide bonds. The zero-order valence-corrected chi connectivity index (χ0v) is 18.2. The molecule has 3 aromatic rings. The number of ether oxygens (including phenoxy) is 1. The number of anilines is 1. The molecule has 0 spiro atoms. The summed E-state index contributed by atoms with van der Waals surface area (Å²) in [5.74, 6) is 1.34. The van der Waals surface area contributed by atoms with E-state index in [2.05, 4.69) is 28.8 Å². The molecular formula is C20H27ClN6O2. The summed E-state index contributed by atoms with van der Waals surface area (Å²) in [6.07, 6.45) is 3.60. The second-order valence-electron chi connectivity index (χ2n) is 7.65. The van der Waals surface area contributed by atoms with Crippen molar-refractivity contribution in [1.82, 2.24) is 24.1 Å². The Kier molecular flexibility index (Phi) is 6.12. The SMILES string of the molecule is COc1c(C)cnc(Cn2c(=O)n(CCCC(C)C)c3c(Cl)nc(N)nc32)c1C. The smallest absolute Gasteiger partial charge is 0.330 e. The van der Waals surface area contributed by atoms with Crippen molar-refractivity contribution in [3.05, 3.63) is 38.7 Å². The maximum absolute atomic E-state index is 13.3. The Morgan fingerprint density at radius 1 is 1.24 bits per heavy atom. The first-order chi connectivity index (χ1) is 13.7. The normalized spacial score (nSPS) is 11.6. The van der Waals surface area contributed by atoms with Crippen LogP contribution in [0.15, 0.2) is 11.0 Å². The summed E-state index contributed by atoms with van der Waals surface area (Å²) in [6, 6.07) is 0. The topological polar surface area (TPSA) is 101 Å². The maximum Gasteiger partial charge on any atom is 0.330 e. The predicted molar refractivity (Wildman–Crippen MR) is 115 cm³/mol. The molecule has 0 saturated carbocycles. The molecule has 3 aromatic heterocycles. The fraction of sp³-hybridized carbons (Fsp3) is 0.500. The molecule has 0 aliphatic heterocycles. The van der Waals surface area contributed by atoms with E-state index in [0.717, 1.165) is 35.4 Å². The fourth-order valence-electron chi connectivity index (χ4n) is 3.57. The highest BCUT2D eigenvalue weighted by Crippen LogP contribution is 2.26. The average molecular weight is 419 g/mol. The van der Waals surface area contributed by atoms with E-state index < -0.39 is 0 Å². The number of halogens is 1. The highest BCUT2D eigenvalue weighted by Gasteiger charge is 2.21. The Bertz CT molecular complexity index is 1100. The molecule has 0 aliphatic rings. The van der Waals surface area contributed by atoms with E-state index in [1.54, 1.807) is 22.4 Å². The van der Waals surface area contributed by atoms with Gasteiger partial charge in [-0.3, -0.25) is 14.1 Å². The number of rotatable bonds is 7. The van der Waals surface area contributed by atoms with Gasteiger partial charge in [0, 0.05) is 23.9 Å². The summed E-state index contributed by atoms with van der Waals surface area (Å²) in [4.78, 5) is 26.1. The van der Waals surface area contributed by atoms with E-state index >= 15 is 0 Å². The maximum atomic E-state index is 13.3. The predicted octanol–water partition coefficient (Wildman–Crippen LogP) is 3.33. The quantitative estimate of drug-likeness (QED) is 0.590. The highest BCUT2D eigenvalue weighted by molar-refractivity contribution is 6.33. The summed E-state index contributed by atoms with van der Waals surface area (Å²) >= 11 is 6.36. The zero-order chi connectivity index (χ0) is 21.3. The van der Waals surface area contributed by atoms with E-state index in [0.29, 0.717) is 23.6 Å². The first kappa shape index (κ1) is 21.1. The molecular weight excluding hydrogens is 392 g/mol. The molecule has 8 nitrogen and oxygen atoms in total. The molecule has 29 heavy (non-hydrogen) atoms. The van der Waals surface area contributed by atoms with Gasteiger partial charge in [-0.15, -0.1) is 0 Å². The Morgan fingerprint density at radius 3 is 2.62 bits per heavy atom. The van der Waals surface area contributed by atoms with E-state index in [1.807, 2.05) is 13.8 Å². The van der Waals surface area contributed by atoms with Crippen LogP contribution in [0.5, 0.6) is 5.75 Å². The Balaban J connectivity index is 2.13. The first-order valence-corrected chi connectivity index (χ1v) is 10.0. The molecule has 0 saturated heterocycles. The standard InChI is InChI=1S/C20H27ClN6O2/c1-11(2)7-6-8-26-15-17(21)24-19(22)25-18(15)27(20(26)28)10-14-13(4)16(29-5)12(3)9-23-14/h9,11H,6-8,10H2,1-5H3,(H2,22,24,25). The van der Waals surface area contributed by atoms with Crippen molar-refractivity contribution in [2.45, 2.75) is 53.6 Å². The lowest BCUT2D eigenvalue weighted by atomic mass is 10.1. The van der Waals surface area contributed by atoms with Crippen molar-refractivity contribution in [3.8, 4) is 5.75 Å². The lowest BCUT2D eigenvalue weighted by molar-refractivity contribution is 0.406. The third kappa shape index (κ3) is 4.07. The van der Waals surface area contributed by atoms with Crippen molar-refractivity contribution in [2.75, 3.05) is 12.8 Å². The van der Waals surface area contributed by atoms with Crippen LogP contribution >= 0.6 is 11.6 Å². The number of fused-ring (bicyclic) bond motifs is 1. The van der Waals surface area contributed by atoms with E-state index in [-0.39, 0.29) is 23.3 Å². The van der Waals surface area contributed by atoms with Crippen LogP contribution in [0.2, 0.25) is 5.15 Å². The minimum Gasteiger partial charge on any atom is -0.496 e. The second kappa shape index (κ2) is 8.41. The number of aryl methyl sites for hydroxylation is 2. The number of hydrogen-bond acceptors (Lipinski definition) is 6. The summed E-state index contributed by atoms with van der Waals surface area (Å²) < 4.78 is 8.68. The van der Waals surface area contributed by atoms with Gasteiger partial charge >= 0.3 is 5.69 Å². The highest BCUT2D eigenvalue weighted by atomic mass is 35.5. The minimum atomic E-state index is -0.203. The van der Waals surface area contributed by atoms with E-state index in [4.69, 9.17) is 22.1 Å². The molecule has 156 valence electrons. The molecule has 2 N–H and O–H groups in total. The number of imidazole rings is 1. The molecule has 0 radical (unpaired) electrons. The number of nitrogen functional groups attached to an aromatic ring is 1. The number of pyridine rings is 1. The van der Waals surface area contributed by atoms with Crippen LogP contribution in [-0.4, -0.2) is 31.2 Å². The van der Waals surface area contributed by atoms with Crippen LogP contribution in [0.25, 0.3) is 11.2 Å². The molecule has 9 heteroatoms. The van der Waals surface area contributed by atoms with Gasteiger partial charge in [0.1, 0.15) is 11.3 Å². The Morgan fingerprint density at radius 2 is 1.97 bits per heavy atom. The number of nitrogens with two attached hydrogens (primary N) is 1. The van der Waals surface area contributed by atoms with Crippen LogP contribution < -0.4 is 16.2 Å². The van der Waals surface area contributed by atoms with Crippen LogP contribution in [0.3, 0.4) is 0 Å². The Labute approximate surface area is 174 Å². The van der Waals surface area contributed by atoms with Crippen LogP contribution in [0.4, 0.5) is 5.95 Å². The molecule has 0 unspecified atom stereocenters. The summed E-state index contributed by atoms with van der Waals surface area (Å²) in [6.45, 7) is 8.95. The number of hydrogen-bond donors (Lipinski definition) is 1. The van der Waals surface area contributed by atoms with Crippen molar-refractivity contribution in [2.24, 2.45) is 5.92 Å². The summed E-state index contributed by atoms with van der Waals surface area (Å²) in [5.41, 5.74) is 9.08. The molecule has 0 fully saturated rings. The van der Waals surface area contributed by atoms with Gasteiger partial charge in [-0.1, -0.05) is 25.4 Å². The van der Waals surface area contributed by atoms with Gasteiger partial charge < -0.3 is 10.5 Å². The molecule has 0 atom stereocenters. The van der Waals surface area contributed by atoms with Gasteiger partial charge in [0.25, 0.3) is 0 Å². The summed E-state index contributed by atoms with van der Waals surface area (Å²) in [7, 11) is 1.62. The molecule has 3 heterocycles. The van der Waals surface area contributed by atoms with Crippen molar-refractivity contribution < 1.29 is 4.74 Å². The number of methoxy groups -OCH3 is 1. The Hall–Kier alpha value is -2.61. The lowest BCUT2D eigenvalue weighted by Gasteiger charge is -2.12. The molecule has 0 aromatic carbocycles. The fourth-order valence-corrected chi connectivity index (χ4v) is 3.85. The monoisotopic (exact) mass is 418 g/mol. The first-order valence-electron chi connectivity index (χ1n) is 9.65.